The van der Waals surface area contributed by atoms with Crippen LogP contribution in [-0.4, -0.2) is 54.5 Å². The average molecular weight is 185 g/mol. The van der Waals surface area contributed by atoms with Gasteiger partial charge in [-0.2, -0.15) is 0 Å². The van der Waals surface area contributed by atoms with Crippen molar-refractivity contribution in [1.29, 1.82) is 0 Å². The number of rotatable bonds is 2. The van der Waals surface area contributed by atoms with Crippen LogP contribution in [-0.2, 0) is 4.79 Å². The van der Waals surface area contributed by atoms with Gasteiger partial charge in [-0.3, -0.25) is 9.69 Å². The average Bonchev–Trinajstić information content (AvgIpc) is 2.03. The lowest BCUT2D eigenvalue weighted by Gasteiger charge is -2.40. The maximum Gasteiger partial charge on any atom is 0.237 e. The molecule has 2 N–H and O–H groups in total. The quantitative estimate of drug-likeness (QED) is 0.631. The van der Waals surface area contributed by atoms with Crippen LogP contribution in [0.15, 0.2) is 0 Å². The second kappa shape index (κ2) is 4.07. The number of hydrogen-bond donors (Lipinski definition) is 1. The Balaban J connectivity index is 2.63. The van der Waals surface area contributed by atoms with Crippen molar-refractivity contribution in [2.75, 3.05) is 26.7 Å². The Bertz CT molecular complexity index is 193. The summed E-state index contributed by atoms with van der Waals surface area (Å²) in [5, 5.41) is 0. The largest absolute Gasteiger partial charge is 0.338 e. The van der Waals surface area contributed by atoms with Gasteiger partial charge in [-0.1, -0.05) is 0 Å². The Morgan fingerprint density at radius 1 is 1.62 bits per heavy atom. The van der Waals surface area contributed by atoms with Crippen LogP contribution in [0.3, 0.4) is 0 Å². The zero-order chi connectivity index (χ0) is 10.0. The molecule has 0 bridgehead atoms. The second-order valence-corrected chi connectivity index (χ2v) is 3.94. The minimum atomic E-state index is 0.210. The molecule has 1 saturated heterocycles. The molecule has 13 heavy (non-hydrogen) atoms. The lowest BCUT2D eigenvalue weighted by molar-refractivity contribution is -0.139. The standard InChI is InChI=1S/C9H19N3O/c1-7(2)12-5-8(4-10)11(3)6-9(12)13/h7-8H,4-6,10H2,1-3H3. The van der Waals surface area contributed by atoms with Gasteiger partial charge in [0.15, 0.2) is 0 Å². The topological polar surface area (TPSA) is 49.6 Å². The summed E-state index contributed by atoms with van der Waals surface area (Å²) in [6, 6.07) is 0.607. The minimum absolute atomic E-state index is 0.210. The van der Waals surface area contributed by atoms with Gasteiger partial charge in [-0.05, 0) is 20.9 Å². The summed E-state index contributed by atoms with van der Waals surface area (Å²) in [4.78, 5) is 15.5. The number of amides is 1. The van der Waals surface area contributed by atoms with E-state index in [0.29, 0.717) is 19.1 Å². The number of carbonyl (C=O) groups is 1. The Kier molecular flexibility index (Phi) is 3.27. The Morgan fingerprint density at radius 2 is 2.23 bits per heavy atom. The van der Waals surface area contributed by atoms with E-state index in [4.69, 9.17) is 5.73 Å². The summed E-state index contributed by atoms with van der Waals surface area (Å²) in [6.45, 7) is 5.96. The molecule has 0 aromatic rings. The van der Waals surface area contributed by atoms with Crippen molar-refractivity contribution in [3.63, 3.8) is 0 Å². The van der Waals surface area contributed by atoms with E-state index >= 15 is 0 Å². The number of nitrogens with zero attached hydrogens (tertiary/aromatic N) is 2. The van der Waals surface area contributed by atoms with E-state index in [1.807, 2.05) is 30.7 Å². The molecule has 1 aliphatic rings. The molecule has 0 saturated carbocycles. The van der Waals surface area contributed by atoms with E-state index < -0.39 is 0 Å². The third-order valence-electron chi connectivity index (χ3n) is 2.63. The smallest absolute Gasteiger partial charge is 0.237 e. The number of likely N-dealkylation sites (N-methyl/N-ethyl adjacent to an activating group) is 1. The summed E-state index contributed by atoms with van der Waals surface area (Å²) in [5.74, 6) is 0.210. The van der Waals surface area contributed by atoms with Gasteiger partial charge in [0.05, 0.1) is 6.54 Å². The lowest BCUT2D eigenvalue weighted by Crippen LogP contribution is -2.58. The van der Waals surface area contributed by atoms with Gasteiger partial charge in [0.1, 0.15) is 0 Å². The molecule has 4 heteroatoms. The predicted molar refractivity (Wildman–Crippen MR) is 52.3 cm³/mol. The van der Waals surface area contributed by atoms with E-state index in [2.05, 4.69) is 0 Å². The van der Waals surface area contributed by atoms with E-state index in [9.17, 15) is 4.79 Å². The molecule has 1 aliphatic heterocycles. The first-order valence-corrected chi connectivity index (χ1v) is 4.76. The molecule has 1 unspecified atom stereocenters. The molecule has 1 atom stereocenters. The minimum Gasteiger partial charge on any atom is -0.338 e. The highest BCUT2D eigenvalue weighted by Gasteiger charge is 2.29. The van der Waals surface area contributed by atoms with Crippen LogP contribution in [0.2, 0.25) is 0 Å². The summed E-state index contributed by atoms with van der Waals surface area (Å²) >= 11 is 0. The van der Waals surface area contributed by atoms with Crippen LogP contribution in [0.1, 0.15) is 13.8 Å². The van der Waals surface area contributed by atoms with Gasteiger partial charge < -0.3 is 10.6 Å². The lowest BCUT2D eigenvalue weighted by atomic mass is 10.1. The molecule has 0 radical (unpaired) electrons. The first-order valence-electron chi connectivity index (χ1n) is 4.76. The van der Waals surface area contributed by atoms with E-state index in [1.165, 1.54) is 0 Å². The maximum absolute atomic E-state index is 11.6. The van der Waals surface area contributed by atoms with Crippen LogP contribution in [0.4, 0.5) is 0 Å². The van der Waals surface area contributed by atoms with Crippen molar-refractivity contribution < 1.29 is 4.79 Å². The Hall–Kier alpha value is -0.610. The molecular weight excluding hydrogens is 166 g/mol. The molecule has 0 spiro atoms. The fourth-order valence-electron chi connectivity index (χ4n) is 1.65. The molecule has 0 aromatic carbocycles. The number of nitrogens with two attached hydrogens (primary N) is 1. The Morgan fingerprint density at radius 3 is 2.69 bits per heavy atom. The summed E-state index contributed by atoms with van der Waals surface area (Å²) in [6.07, 6.45) is 0. The Labute approximate surface area is 79.7 Å². The monoisotopic (exact) mass is 185 g/mol. The zero-order valence-corrected chi connectivity index (χ0v) is 8.66. The van der Waals surface area contributed by atoms with E-state index in [-0.39, 0.29) is 11.9 Å². The van der Waals surface area contributed by atoms with Gasteiger partial charge >= 0.3 is 0 Å². The van der Waals surface area contributed by atoms with Crippen LogP contribution in [0.5, 0.6) is 0 Å². The van der Waals surface area contributed by atoms with Gasteiger partial charge in [0.25, 0.3) is 0 Å². The van der Waals surface area contributed by atoms with Crippen molar-refractivity contribution >= 4 is 5.91 Å². The van der Waals surface area contributed by atoms with E-state index in [0.717, 1.165) is 6.54 Å². The fourth-order valence-corrected chi connectivity index (χ4v) is 1.65. The highest BCUT2D eigenvalue weighted by atomic mass is 16.2. The van der Waals surface area contributed by atoms with Crippen molar-refractivity contribution in [2.45, 2.75) is 25.9 Å². The second-order valence-electron chi connectivity index (χ2n) is 3.94. The van der Waals surface area contributed by atoms with Crippen molar-refractivity contribution in [1.82, 2.24) is 9.80 Å². The van der Waals surface area contributed by atoms with Gasteiger partial charge in [-0.25, -0.2) is 0 Å². The molecule has 1 amide bonds. The highest BCUT2D eigenvalue weighted by molar-refractivity contribution is 5.79. The van der Waals surface area contributed by atoms with Crippen LogP contribution in [0.25, 0.3) is 0 Å². The number of piperazine rings is 1. The summed E-state index contributed by atoms with van der Waals surface area (Å²) in [7, 11) is 1.95. The van der Waals surface area contributed by atoms with Crippen molar-refractivity contribution in [3.05, 3.63) is 0 Å². The number of carbonyl (C=O) groups excluding carboxylic acids is 1. The van der Waals surface area contributed by atoms with Crippen molar-refractivity contribution in [2.24, 2.45) is 5.73 Å². The van der Waals surface area contributed by atoms with Gasteiger partial charge in [-0.15, -0.1) is 0 Å². The molecular formula is C9H19N3O. The molecule has 1 fully saturated rings. The molecule has 1 rings (SSSR count). The van der Waals surface area contributed by atoms with E-state index in [1.54, 1.807) is 0 Å². The highest BCUT2D eigenvalue weighted by Crippen LogP contribution is 2.10. The normalized spacial score (nSPS) is 25.8. The van der Waals surface area contributed by atoms with Crippen molar-refractivity contribution in [3.8, 4) is 0 Å². The first-order chi connectivity index (χ1) is 6.06. The third kappa shape index (κ3) is 2.19. The van der Waals surface area contributed by atoms with Crippen LogP contribution in [0, 0.1) is 0 Å². The zero-order valence-electron chi connectivity index (χ0n) is 8.66. The molecule has 0 aliphatic carbocycles. The predicted octanol–water partition coefficient (Wildman–Crippen LogP) is -0.504. The number of hydrogen-bond acceptors (Lipinski definition) is 3. The fraction of sp³-hybridized carbons (Fsp3) is 0.889. The molecule has 1 heterocycles. The third-order valence-corrected chi connectivity index (χ3v) is 2.63. The summed E-state index contributed by atoms with van der Waals surface area (Å²) in [5.41, 5.74) is 5.62. The maximum atomic E-state index is 11.6. The van der Waals surface area contributed by atoms with Crippen LogP contribution < -0.4 is 5.73 Å². The summed E-state index contributed by atoms with van der Waals surface area (Å²) < 4.78 is 0. The molecule has 4 nitrogen and oxygen atoms in total. The van der Waals surface area contributed by atoms with Gasteiger partial charge in [0.2, 0.25) is 5.91 Å². The first kappa shape index (κ1) is 10.5. The molecule has 0 aromatic heterocycles. The molecule has 76 valence electrons. The van der Waals surface area contributed by atoms with Crippen LogP contribution >= 0.6 is 0 Å². The SMILES string of the molecule is CC(C)N1CC(CN)N(C)CC1=O. The van der Waals surface area contributed by atoms with Gasteiger partial charge in [0, 0.05) is 25.2 Å².